The monoisotopic (exact) mass is 422 g/mol. The summed E-state index contributed by atoms with van der Waals surface area (Å²) < 4.78 is 20.1. The highest BCUT2D eigenvalue weighted by atomic mass is 19.1. The zero-order chi connectivity index (χ0) is 21.8. The number of amides is 1. The average Bonchev–Trinajstić information content (AvgIpc) is 3.24. The molecule has 1 saturated heterocycles. The first-order valence-electron chi connectivity index (χ1n) is 10.1. The van der Waals surface area contributed by atoms with Gasteiger partial charge >= 0.3 is 5.97 Å². The third kappa shape index (κ3) is 4.74. The SMILES string of the molecule is Cc1ccnn1-c1ccc(C(=O)OCC(=O)N2CCN(c3ccc(F)cc3)CC2)cc1. The lowest BCUT2D eigenvalue weighted by atomic mass is 10.2. The molecule has 0 saturated carbocycles. The zero-order valence-electron chi connectivity index (χ0n) is 17.2. The zero-order valence-corrected chi connectivity index (χ0v) is 17.2. The molecule has 7 nitrogen and oxygen atoms in total. The molecule has 0 radical (unpaired) electrons. The summed E-state index contributed by atoms with van der Waals surface area (Å²) in [7, 11) is 0. The molecule has 1 amide bonds. The number of ether oxygens (including phenoxy) is 1. The predicted molar refractivity (Wildman–Crippen MR) is 114 cm³/mol. The van der Waals surface area contributed by atoms with Gasteiger partial charge in [0.15, 0.2) is 6.61 Å². The van der Waals surface area contributed by atoms with Gasteiger partial charge in [-0.15, -0.1) is 0 Å². The van der Waals surface area contributed by atoms with Crippen molar-refractivity contribution in [3.8, 4) is 5.69 Å². The molecule has 2 heterocycles. The molecule has 31 heavy (non-hydrogen) atoms. The largest absolute Gasteiger partial charge is 0.452 e. The molecule has 3 aromatic rings. The van der Waals surface area contributed by atoms with Crippen LogP contribution in [0.2, 0.25) is 0 Å². The Bertz CT molecular complexity index is 1060. The van der Waals surface area contributed by atoms with Gasteiger partial charge in [-0.2, -0.15) is 5.10 Å². The Morgan fingerprint density at radius 2 is 1.58 bits per heavy atom. The summed E-state index contributed by atoms with van der Waals surface area (Å²) in [5.41, 5.74) is 3.13. The van der Waals surface area contributed by atoms with Crippen LogP contribution in [0, 0.1) is 12.7 Å². The predicted octanol–water partition coefficient (Wildman–Crippen LogP) is 2.83. The lowest BCUT2D eigenvalue weighted by Crippen LogP contribution is -2.49. The summed E-state index contributed by atoms with van der Waals surface area (Å²) in [6.07, 6.45) is 1.71. The van der Waals surface area contributed by atoms with Crippen molar-refractivity contribution in [1.29, 1.82) is 0 Å². The molecular formula is C23H23FN4O3. The Hall–Kier alpha value is -3.68. The van der Waals surface area contributed by atoms with Gasteiger partial charge in [-0.1, -0.05) is 0 Å². The average molecular weight is 422 g/mol. The molecule has 0 atom stereocenters. The van der Waals surface area contributed by atoms with E-state index in [1.165, 1.54) is 12.1 Å². The number of anilines is 1. The van der Waals surface area contributed by atoms with Crippen LogP contribution in [0.15, 0.2) is 60.8 Å². The number of carbonyl (C=O) groups excluding carboxylic acids is 2. The summed E-state index contributed by atoms with van der Waals surface area (Å²) >= 11 is 0. The molecule has 0 N–H and O–H groups in total. The first-order chi connectivity index (χ1) is 15.0. The number of hydrogen-bond donors (Lipinski definition) is 0. The van der Waals surface area contributed by atoms with Crippen molar-refractivity contribution < 1.29 is 18.7 Å². The Morgan fingerprint density at radius 1 is 0.935 bits per heavy atom. The number of esters is 1. The van der Waals surface area contributed by atoms with Crippen LogP contribution in [0.4, 0.5) is 10.1 Å². The lowest BCUT2D eigenvalue weighted by Gasteiger charge is -2.36. The first-order valence-corrected chi connectivity index (χ1v) is 10.1. The van der Waals surface area contributed by atoms with Crippen LogP contribution in [-0.4, -0.2) is 59.3 Å². The van der Waals surface area contributed by atoms with E-state index in [1.54, 1.807) is 52.2 Å². The molecule has 1 aliphatic heterocycles. The second-order valence-corrected chi connectivity index (χ2v) is 7.35. The lowest BCUT2D eigenvalue weighted by molar-refractivity contribution is -0.134. The van der Waals surface area contributed by atoms with E-state index in [4.69, 9.17) is 4.74 Å². The highest BCUT2D eigenvalue weighted by Gasteiger charge is 2.22. The third-order valence-corrected chi connectivity index (χ3v) is 5.33. The maximum Gasteiger partial charge on any atom is 0.338 e. The molecule has 1 aromatic heterocycles. The minimum Gasteiger partial charge on any atom is -0.452 e. The van der Waals surface area contributed by atoms with Crippen molar-refractivity contribution in [2.24, 2.45) is 0 Å². The molecule has 0 bridgehead atoms. The van der Waals surface area contributed by atoms with E-state index in [2.05, 4.69) is 10.00 Å². The number of aromatic nitrogens is 2. The number of piperazine rings is 1. The van der Waals surface area contributed by atoms with E-state index in [0.717, 1.165) is 17.1 Å². The molecular weight excluding hydrogens is 399 g/mol. The van der Waals surface area contributed by atoms with Crippen LogP contribution in [0.5, 0.6) is 0 Å². The van der Waals surface area contributed by atoms with Crippen molar-refractivity contribution in [3.05, 3.63) is 77.9 Å². The summed E-state index contributed by atoms with van der Waals surface area (Å²) in [5, 5.41) is 4.23. The highest BCUT2D eigenvalue weighted by molar-refractivity contribution is 5.91. The maximum atomic E-state index is 13.1. The Labute approximate surface area is 179 Å². The van der Waals surface area contributed by atoms with Crippen molar-refractivity contribution >= 4 is 17.6 Å². The van der Waals surface area contributed by atoms with Crippen LogP contribution in [0.3, 0.4) is 0 Å². The summed E-state index contributed by atoms with van der Waals surface area (Å²) in [4.78, 5) is 28.5. The number of nitrogens with zero attached hydrogens (tertiary/aromatic N) is 4. The van der Waals surface area contributed by atoms with E-state index >= 15 is 0 Å². The molecule has 1 aliphatic rings. The Kier molecular flexibility index (Phi) is 5.97. The van der Waals surface area contributed by atoms with Gasteiger partial charge in [0, 0.05) is 43.8 Å². The summed E-state index contributed by atoms with van der Waals surface area (Å²) in [5.74, 6) is -1.04. The van der Waals surface area contributed by atoms with Crippen LogP contribution < -0.4 is 4.90 Å². The standard InChI is InChI=1S/C23H23FN4O3/c1-17-10-11-25-28(17)21-6-2-18(3-7-21)23(30)31-16-22(29)27-14-12-26(13-15-27)20-8-4-19(24)5-9-20/h2-11H,12-16H2,1H3. The Balaban J connectivity index is 1.26. The Morgan fingerprint density at radius 3 is 2.19 bits per heavy atom. The fourth-order valence-corrected chi connectivity index (χ4v) is 3.55. The second kappa shape index (κ2) is 8.99. The maximum absolute atomic E-state index is 13.1. The number of aryl methyl sites for hydroxylation is 1. The summed E-state index contributed by atoms with van der Waals surface area (Å²) in [6.45, 7) is 3.96. The fourth-order valence-electron chi connectivity index (χ4n) is 3.55. The third-order valence-electron chi connectivity index (χ3n) is 5.33. The molecule has 0 aliphatic carbocycles. The van der Waals surface area contributed by atoms with Gasteiger partial charge in [0.2, 0.25) is 0 Å². The fraction of sp³-hybridized carbons (Fsp3) is 0.261. The van der Waals surface area contributed by atoms with Crippen LogP contribution in [0.25, 0.3) is 5.69 Å². The molecule has 160 valence electrons. The molecule has 0 unspecified atom stereocenters. The number of halogens is 1. The van der Waals surface area contributed by atoms with Crippen LogP contribution in [-0.2, 0) is 9.53 Å². The van der Waals surface area contributed by atoms with Crippen molar-refractivity contribution in [2.45, 2.75) is 6.92 Å². The van der Waals surface area contributed by atoms with E-state index in [1.807, 2.05) is 13.0 Å². The normalized spacial score (nSPS) is 13.9. The van der Waals surface area contributed by atoms with Gasteiger partial charge in [-0.25, -0.2) is 13.9 Å². The molecule has 4 rings (SSSR count). The van der Waals surface area contributed by atoms with E-state index in [0.29, 0.717) is 31.7 Å². The molecule has 1 fully saturated rings. The van der Waals surface area contributed by atoms with Crippen molar-refractivity contribution in [3.63, 3.8) is 0 Å². The second-order valence-electron chi connectivity index (χ2n) is 7.35. The van der Waals surface area contributed by atoms with Gasteiger partial charge in [-0.3, -0.25) is 4.79 Å². The van der Waals surface area contributed by atoms with Gasteiger partial charge in [-0.05, 0) is 61.5 Å². The van der Waals surface area contributed by atoms with Crippen molar-refractivity contribution in [2.75, 3.05) is 37.7 Å². The number of rotatable bonds is 5. The van der Waals surface area contributed by atoms with Gasteiger partial charge in [0.05, 0.1) is 11.3 Å². The molecule has 2 aromatic carbocycles. The summed E-state index contributed by atoms with van der Waals surface area (Å²) in [6, 6.07) is 15.1. The number of benzene rings is 2. The van der Waals surface area contributed by atoms with Crippen LogP contribution in [0.1, 0.15) is 16.1 Å². The minimum absolute atomic E-state index is 0.226. The van der Waals surface area contributed by atoms with E-state index < -0.39 is 5.97 Å². The van der Waals surface area contributed by atoms with Crippen molar-refractivity contribution in [1.82, 2.24) is 14.7 Å². The quantitative estimate of drug-likeness (QED) is 0.592. The topological polar surface area (TPSA) is 67.7 Å². The van der Waals surface area contributed by atoms with E-state index in [-0.39, 0.29) is 18.3 Å². The van der Waals surface area contributed by atoms with Gasteiger partial charge in [0.25, 0.3) is 5.91 Å². The van der Waals surface area contributed by atoms with E-state index in [9.17, 15) is 14.0 Å². The molecule has 8 heteroatoms. The van der Waals surface area contributed by atoms with Gasteiger partial charge in [0.1, 0.15) is 5.82 Å². The minimum atomic E-state index is -0.540. The first kappa shape index (κ1) is 20.6. The van der Waals surface area contributed by atoms with Crippen LogP contribution >= 0.6 is 0 Å². The van der Waals surface area contributed by atoms with Gasteiger partial charge < -0.3 is 14.5 Å². The smallest absolute Gasteiger partial charge is 0.338 e. The number of hydrogen-bond acceptors (Lipinski definition) is 5. The molecule has 0 spiro atoms. The highest BCUT2D eigenvalue weighted by Crippen LogP contribution is 2.17. The number of carbonyl (C=O) groups is 2.